The minimum absolute atomic E-state index is 0.317. The van der Waals surface area contributed by atoms with Gasteiger partial charge in [0.1, 0.15) is 0 Å². The summed E-state index contributed by atoms with van der Waals surface area (Å²) in [5, 5.41) is 0. The quantitative estimate of drug-likeness (QED) is 0.631. The highest BCUT2D eigenvalue weighted by molar-refractivity contribution is 5.35. The molecule has 1 fully saturated rings. The Morgan fingerprint density at radius 1 is 1.17 bits per heavy atom. The minimum Gasteiger partial charge on any atom is -0.271 e. The summed E-state index contributed by atoms with van der Waals surface area (Å²) in [4.78, 5) is 0. The Balaban J connectivity index is 2.20. The third-order valence-corrected chi connectivity index (χ3v) is 4.69. The van der Waals surface area contributed by atoms with Crippen molar-refractivity contribution in [3.63, 3.8) is 0 Å². The van der Waals surface area contributed by atoms with E-state index in [-0.39, 0.29) is 0 Å². The van der Waals surface area contributed by atoms with Gasteiger partial charge in [-0.3, -0.25) is 11.3 Å². The molecule has 0 saturated heterocycles. The van der Waals surface area contributed by atoms with E-state index in [1.807, 2.05) is 0 Å². The van der Waals surface area contributed by atoms with E-state index in [1.54, 1.807) is 0 Å². The number of nitrogens with one attached hydrogen (secondary N) is 1. The van der Waals surface area contributed by atoms with Crippen LogP contribution in [0.2, 0.25) is 0 Å². The van der Waals surface area contributed by atoms with E-state index in [1.165, 1.54) is 42.4 Å². The van der Waals surface area contributed by atoms with Crippen LogP contribution in [0.1, 0.15) is 55.3 Å². The molecule has 0 heterocycles. The summed E-state index contributed by atoms with van der Waals surface area (Å²) in [7, 11) is 0. The minimum atomic E-state index is 0.317. The lowest BCUT2D eigenvalue weighted by molar-refractivity contribution is 0.232. The Kier molecular flexibility index (Phi) is 4.41. The van der Waals surface area contributed by atoms with Gasteiger partial charge in [0.05, 0.1) is 0 Å². The van der Waals surface area contributed by atoms with Gasteiger partial charge in [-0.25, -0.2) is 0 Å². The summed E-state index contributed by atoms with van der Waals surface area (Å²) in [6.45, 7) is 6.74. The second-order valence-corrected chi connectivity index (χ2v) is 5.95. The number of nitrogens with two attached hydrogens (primary N) is 1. The molecular formula is C16H26N2. The third-order valence-electron chi connectivity index (χ3n) is 4.69. The van der Waals surface area contributed by atoms with E-state index in [0.29, 0.717) is 12.0 Å². The summed E-state index contributed by atoms with van der Waals surface area (Å²) in [5.41, 5.74) is 7.20. The predicted molar refractivity (Wildman–Crippen MR) is 77.1 cm³/mol. The van der Waals surface area contributed by atoms with Gasteiger partial charge in [0.15, 0.2) is 0 Å². The second-order valence-electron chi connectivity index (χ2n) is 5.95. The van der Waals surface area contributed by atoms with E-state index in [2.05, 4.69) is 44.4 Å². The lowest BCUT2D eigenvalue weighted by atomic mass is 9.76. The first-order valence-electron chi connectivity index (χ1n) is 7.15. The maximum atomic E-state index is 5.84. The highest BCUT2D eigenvalue weighted by Gasteiger charge is 2.27. The fourth-order valence-electron chi connectivity index (χ4n) is 3.21. The molecule has 0 aromatic heterocycles. The molecule has 3 N–H and O–H groups in total. The van der Waals surface area contributed by atoms with Crippen LogP contribution in [0, 0.1) is 25.7 Å². The molecule has 100 valence electrons. The Morgan fingerprint density at radius 3 is 2.44 bits per heavy atom. The SMILES string of the molecule is Cc1cccc(C(NN)C2CCC(C)CC2)c1C. The zero-order valence-corrected chi connectivity index (χ0v) is 11.9. The average molecular weight is 246 g/mol. The molecule has 2 heteroatoms. The number of hydrogen-bond donors (Lipinski definition) is 2. The van der Waals surface area contributed by atoms with Crippen molar-refractivity contribution in [3.8, 4) is 0 Å². The van der Waals surface area contributed by atoms with Crippen LogP contribution in [0.25, 0.3) is 0 Å². The van der Waals surface area contributed by atoms with Crippen molar-refractivity contribution in [2.75, 3.05) is 0 Å². The van der Waals surface area contributed by atoms with Gasteiger partial charge >= 0.3 is 0 Å². The van der Waals surface area contributed by atoms with Crippen molar-refractivity contribution in [2.45, 2.75) is 52.5 Å². The molecule has 1 unspecified atom stereocenters. The molecule has 2 nitrogen and oxygen atoms in total. The Labute approximate surface area is 111 Å². The topological polar surface area (TPSA) is 38.0 Å². The fourth-order valence-corrected chi connectivity index (χ4v) is 3.21. The van der Waals surface area contributed by atoms with E-state index < -0.39 is 0 Å². The van der Waals surface area contributed by atoms with Crippen molar-refractivity contribution in [1.82, 2.24) is 5.43 Å². The van der Waals surface area contributed by atoms with E-state index in [4.69, 9.17) is 5.84 Å². The third kappa shape index (κ3) is 2.76. The van der Waals surface area contributed by atoms with Crippen molar-refractivity contribution >= 4 is 0 Å². The average Bonchev–Trinajstić information content (AvgIpc) is 2.37. The van der Waals surface area contributed by atoms with E-state index in [0.717, 1.165) is 5.92 Å². The maximum absolute atomic E-state index is 5.84. The lowest BCUT2D eigenvalue weighted by Gasteiger charge is -2.33. The number of rotatable bonds is 3. The number of hydrogen-bond acceptors (Lipinski definition) is 2. The number of hydrazine groups is 1. The molecule has 0 amide bonds. The van der Waals surface area contributed by atoms with Gasteiger partial charge in [0, 0.05) is 6.04 Å². The molecule has 1 aromatic rings. The van der Waals surface area contributed by atoms with Crippen LogP contribution in [0.4, 0.5) is 0 Å². The van der Waals surface area contributed by atoms with Crippen LogP contribution in [0.5, 0.6) is 0 Å². The molecule has 0 aliphatic heterocycles. The molecule has 1 aliphatic carbocycles. The molecule has 0 radical (unpaired) electrons. The van der Waals surface area contributed by atoms with Gasteiger partial charge in [-0.2, -0.15) is 0 Å². The summed E-state index contributed by atoms with van der Waals surface area (Å²) >= 11 is 0. The molecule has 0 spiro atoms. The summed E-state index contributed by atoms with van der Waals surface area (Å²) < 4.78 is 0. The molecule has 0 bridgehead atoms. The van der Waals surface area contributed by atoms with Crippen molar-refractivity contribution < 1.29 is 0 Å². The van der Waals surface area contributed by atoms with Gasteiger partial charge in [0.2, 0.25) is 0 Å². The van der Waals surface area contributed by atoms with Crippen LogP contribution in [0.3, 0.4) is 0 Å². The van der Waals surface area contributed by atoms with Crippen LogP contribution < -0.4 is 11.3 Å². The van der Waals surface area contributed by atoms with Crippen molar-refractivity contribution in [1.29, 1.82) is 0 Å². The molecule has 2 rings (SSSR count). The zero-order chi connectivity index (χ0) is 13.1. The summed E-state index contributed by atoms with van der Waals surface area (Å²) in [6.07, 6.45) is 5.27. The van der Waals surface area contributed by atoms with Crippen LogP contribution in [0.15, 0.2) is 18.2 Å². The predicted octanol–water partition coefficient (Wildman–Crippen LogP) is 3.63. The molecular weight excluding hydrogens is 220 g/mol. The summed E-state index contributed by atoms with van der Waals surface area (Å²) in [6, 6.07) is 6.87. The second kappa shape index (κ2) is 5.85. The standard InChI is InChI=1S/C16H26N2/c1-11-7-9-14(10-8-11)16(18-17)15-6-4-5-12(2)13(15)3/h4-6,11,14,16,18H,7-10,17H2,1-3H3. The van der Waals surface area contributed by atoms with Gasteiger partial charge in [-0.05, 0) is 55.2 Å². The van der Waals surface area contributed by atoms with E-state index >= 15 is 0 Å². The van der Waals surface area contributed by atoms with Crippen LogP contribution >= 0.6 is 0 Å². The first-order chi connectivity index (χ1) is 8.63. The normalized spacial score (nSPS) is 26.0. The Morgan fingerprint density at radius 2 is 1.83 bits per heavy atom. The summed E-state index contributed by atoms with van der Waals surface area (Å²) in [5.74, 6) is 7.41. The van der Waals surface area contributed by atoms with Gasteiger partial charge in [-0.15, -0.1) is 0 Å². The molecule has 1 aromatic carbocycles. The van der Waals surface area contributed by atoms with E-state index in [9.17, 15) is 0 Å². The molecule has 1 aliphatic rings. The molecule has 1 saturated carbocycles. The Hall–Kier alpha value is -0.860. The van der Waals surface area contributed by atoms with Crippen LogP contribution in [-0.2, 0) is 0 Å². The maximum Gasteiger partial charge on any atom is 0.0490 e. The Bertz CT molecular complexity index is 392. The van der Waals surface area contributed by atoms with Crippen molar-refractivity contribution in [3.05, 3.63) is 34.9 Å². The van der Waals surface area contributed by atoms with Gasteiger partial charge in [0.25, 0.3) is 0 Å². The highest BCUT2D eigenvalue weighted by atomic mass is 15.2. The fraction of sp³-hybridized carbons (Fsp3) is 0.625. The number of aryl methyl sites for hydroxylation is 1. The molecule has 1 atom stereocenters. The highest BCUT2D eigenvalue weighted by Crippen LogP contribution is 2.37. The van der Waals surface area contributed by atoms with Crippen LogP contribution in [-0.4, -0.2) is 0 Å². The zero-order valence-electron chi connectivity index (χ0n) is 11.9. The van der Waals surface area contributed by atoms with Gasteiger partial charge < -0.3 is 0 Å². The smallest absolute Gasteiger partial charge is 0.0490 e. The lowest BCUT2D eigenvalue weighted by Crippen LogP contribution is -2.35. The molecule has 18 heavy (non-hydrogen) atoms. The largest absolute Gasteiger partial charge is 0.271 e. The monoisotopic (exact) mass is 246 g/mol. The van der Waals surface area contributed by atoms with Gasteiger partial charge in [-0.1, -0.05) is 38.0 Å². The number of benzene rings is 1. The van der Waals surface area contributed by atoms with Crippen molar-refractivity contribution in [2.24, 2.45) is 17.7 Å². The first-order valence-corrected chi connectivity index (χ1v) is 7.15. The first kappa shape index (κ1) is 13.6.